The van der Waals surface area contributed by atoms with Crippen LogP contribution in [0.5, 0.6) is 11.5 Å². The number of carbonyl (C=O) groups excluding carboxylic acids is 4. The Morgan fingerprint density at radius 3 is 2.54 bits per heavy atom. The summed E-state index contributed by atoms with van der Waals surface area (Å²) >= 11 is 6.01. The number of anilines is 1. The number of methoxy groups -OCH3 is 1. The highest BCUT2D eigenvalue weighted by atomic mass is 35.5. The number of likely N-dealkylation sites (tertiary alicyclic amines) is 1. The van der Waals surface area contributed by atoms with Crippen LogP contribution in [0.4, 0.5) is 10.1 Å². The topological polar surface area (TPSA) is 104 Å². The molecule has 1 saturated carbocycles. The molecule has 4 amide bonds. The predicted molar refractivity (Wildman–Crippen MR) is 148 cm³/mol. The zero-order valence-corrected chi connectivity index (χ0v) is 23.4. The number of carbonyl (C=O) groups is 4. The third kappa shape index (κ3) is 3.85. The van der Waals surface area contributed by atoms with Gasteiger partial charge in [-0.1, -0.05) is 41.5 Å². The summed E-state index contributed by atoms with van der Waals surface area (Å²) < 4.78 is 19.2. The van der Waals surface area contributed by atoms with Crippen LogP contribution in [-0.2, 0) is 19.2 Å². The molecule has 0 radical (unpaired) electrons. The number of imide groups is 2. The molecule has 2 aromatic carbocycles. The van der Waals surface area contributed by atoms with Crippen molar-refractivity contribution in [1.29, 1.82) is 0 Å². The molecular weight excluding hydrogens is 551 g/mol. The Morgan fingerprint density at radius 2 is 1.83 bits per heavy atom. The third-order valence-electron chi connectivity index (χ3n) is 9.41. The molecule has 0 spiro atoms. The largest absolute Gasteiger partial charge is 0.504 e. The Kier molecular flexibility index (Phi) is 6.33. The van der Waals surface area contributed by atoms with Gasteiger partial charge >= 0.3 is 0 Å². The standard InChI is InChI=1S/C31H28ClFN2O6/c1-31-20(9-4-15-5-11-24(36)25(12-15)41-3)17-7-8-18-26(29(39)34(2)27(18)37)19(17)14-21(31)28(38)35(30(31)40)16-6-10-23(33)22(32)13-16/h4-7,9-13,18-21,26,36H,8,14H2,1-3H3. The number of rotatable bonds is 4. The SMILES string of the molecule is COc1cc(C=CC2C3=CCC4C(=O)N(C)C(=O)C4C3CC3C(=O)N(c4ccc(F)c(Cl)c4)C(=O)C23C)ccc1O. The number of amides is 4. The zero-order chi connectivity index (χ0) is 29.4. The summed E-state index contributed by atoms with van der Waals surface area (Å²) in [4.78, 5) is 56.6. The van der Waals surface area contributed by atoms with E-state index in [9.17, 15) is 28.7 Å². The summed E-state index contributed by atoms with van der Waals surface area (Å²) in [5.74, 6) is -4.71. The highest BCUT2D eigenvalue weighted by Crippen LogP contribution is 2.61. The van der Waals surface area contributed by atoms with Crippen LogP contribution < -0.4 is 9.64 Å². The molecule has 2 aromatic rings. The van der Waals surface area contributed by atoms with Crippen molar-refractivity contribution >= 4 is 47.0 Å². The lowest BCUT2D eigenvalue weighted by atomic mass is 9.52. The summed E-state index contributed by atoms with van der Waals surface area (Å²) in [5, 5.41) is 9.81. The molecular formula is C31H28ClFN2O6. The number of allylic oxidation sites excluding steroid dienone is 3. The second-order valence-corrected chi connectivity index (χ2v) is 11.7. The van der Waals surface area contributed by atoms with Crippen LogP contribution in [0.3, 0.4) is 0 Å². The van der Waals surface area contributed by atoms with Crippen LogP contribution in [0, 0.1) is 40.8 Å². The lowest BCUT2D eigenvalue weighted by molar-refractivity contribution is -0.139. The summed E-state index contributed by atoms with van der Waals surface area (Å²) in [6.45, 7) is 1.76. The molecule has 2 saturated heterocycles. The number of halogens is 2. The molecule has 0 aromatic heterocycles. The molecule has 1 N–H and O–H groups in total. The van der Waals surface area contributed by atoms with Crippen molar-refractivity contribution in [2.24, 2.45) is 35.0 Å². The molecule has 4 aliphatic rings. The van der Waals surface area contributed by atoms with E-state index in [-0.39, 0.29) is 40.4 Å². The minimum atomic E-state index is -1.22. The van der Waals surface area contributed by atoms with Crippen LogP contribution in [0.1, 0.15) is 25.3 Å². The van der Waals surface area contributed by atoms with Gasteiger partial charge in [-0.25, -0.2) is 9.29 Å². The Labute approximate surface area is 241 Å². The van der Waals surface area contributed by atoms with Crippen molar-refractivity contribution in [3.63, 3.8) is 0 Å². The lowest BCUT2D eigenvalue weighted by Gasteiger charge is -2.47. The van der Waals surface area contributed by atoms with Gasteiger partial charge in [0.05, 0.1) is 41.0 Å². The number of fused-ring (bicyclic) bond motifs is 4. The maximum Gasteiger partial charge on any atom is 0.241 e. The molecule has 2 heterocycles. The maximum absolute atomic E-state index is 14.2. The molecule has 2 aliphatic carbocycles. The van der Waals surface area contributed by atoms with Gasteiger partial charge in [-0.2, -0.15) is 0 Å². The van der Waals surface area contributed by atoms with Crippen LogP contribution in [0.15, 0.2) is 54.1 Å². The number of nitrogens with zero attached hydrogens (tertiary/aromatic N) is 2. The number of phenols is 1. The van der Waals surface area contributed by atoms with E-state index in [0.29, 0.717) is 12.0 Å². The number of hydrogen-bond donors (Lipinski definition) is 1. The van der Waals surface area contributed by atoms with E-state index in [1.165, 1.54) is 37.3 Å². The average molecular weight is 579 g/mol. The summed E-state index contributed by atoms with van der Waals surface area (Å²) in [7, 11) is 2.93. The van der Waals surface area contributed by atoms with E-state index in [0.717, 1.165) is 16.5 Å². The summed E-state index contributed by atoms with van der Waals surface area (Å²) in [6.07, 6.45) is 6.20. The molecule has 3 fully saturated rings. The number of phenolic OH excluding ortho intramolecular Hbond substituents is 1. The average Bonchev–Trinajstić information content (AvgIpc) is 3.29. The normalized spacial score (nSPS) is 31.0. The molecule has 10 heteroatoms. The fourth-order valence-electron chi connectivity index (χ4n) is 7.25. The van der Waals surface area contributed by atoms with E-state index >= 15 is 0 Å². The minimum Gasteiger partial charge on any atom is -0.504 e. The minimum absolute atomic E-state index is 0.0193. The van der Waals surface area contributed by atoms with Crippen molar-refractivity contribution in [3.05, 3.63) is 70.5 Å². The van der Waals surface area contributed by atoms with Gasteiger partial charge in [0.15, 0.2) is 11.5 Å². The first-order chi connectivity index (χ1) is 19.5. The molecule has 0 bridgehead atoms. The van der Waals surface area contributed by atoms with Gasteiger partial charge in [-0.05, 0) is 61.6 Å². The van der Waals surface area contributed by atoms with E-state index < -0.39 is 52.6 Å². The van der Waals surface area contributed by atoms with Gasteiger partial charge in [0, 0.05) is 13.0 Å². The Morgan fingerprint density at radius 1 is 1.07 bits per heavy atom. The summed E-state index contributed by atoms with van der Waals surface area (Å²) in [6, 6.07) is 8.57. The number of ether oxygens (including phenoxy) is 1. The lowest BCUT2D eigenvalue weighted by Crippen LogP contribution is -2.49. The number of aromatic hydroxyl groups is 1. The zero-order valence-electron chi connectivity index (χ0n) is 22.6. The first-order valence-corrected chi connectivity index (χ1v) is 13.8. The first-order valence-electron chi connectivity index (χ1n) is 13.4. The quantitative estimate of drug-likeness (QED) is 0.420. The first kappa shape index (κ1) is 27.2. The Bertz CT molecular complexity index is 1590. The van der Waals surface area contributed by atoms with Gasteiger partial charge in [0.2, 0.25) is 23.6 Å². The van der Waals surface area contributed by atoms with Gasteiger partial charge in [-0.15, -0.1) is 0 Å². The van der Waals surface area contributed by atoms with Crippen molar-refractivity contribution in [3.8, 4) is 11.5 Å². The predicted octanol–water partition coefficient (Wildman–Crippen LogP) is 4.60. The molecule has 41 heavy (non-hydrogen) atoms. The highest BCUT2D eigenvalue weighted by molar-refractivity contribution is 6.31. The van der Waals surface area contributed by atoms with E-state index in [1.54, 1.807) is 25.1 Å². The van der Waals surface area contributed by atoms with Crippen molar-refractivity contribution in [2.75, 3.05) is 19.1 Å². The Hall–Kier alpha value is -3.98. The van der Waals surface area contributed by atoms with E-state index in [1.807, 2.05) is 12.2 Å². The molecule has 8 nitrogen and oxygen atoms in total. The van der Waals surface area contributed by atoms with Gasteiger partial charge in [-0.3, -0.25) is 24.1 Å². The van der Waals surface area contributed by atoms with E-state index in [2.05, 4.69) is 0 Å². The fourth-order valence-corrected chi connectivity index (χ4v) is 7.43. The van der Waals surface area contributed by atoms with E-state index in [4.69, 9.17) is 16.3 Å². The molecule has 6 rings (SSSR count). The van der Waals surface area contributed by atoms with Crippen LogP contribution in [-0.4, -0.2) is 47.8 Å². The number of benzene rings is 2. The fraction of sp³-hybridized carbons (Fsp3) is 0.355. The van der Waals surface area contributed by atoms with Gasteiger partial charge < -0.3 is 9.84 Å². The van der Waals surface area contributed by atoms with Crippen molar-refractivity contribution in [2.45, 2.75) is 19.8 Å². The molecule has 6 atom stereocenters. The van der Waals surface area contributed by atoms with Crippen LogP contribution in [0.25, 0.3) is 6.08 Å². The van der Waals surface area contributed by atoms with Gasteiger partial charge in [0.1, 0.15) is 5.82 Å². The smallest absolute Gasteiger partial charge is 0.241 e. The Balaban J connectivity index is 1.48. The summed E-state index contributed by atoms with van der Waals surface area (Å²) in [5.41, 5.74) is 0.502. The van der Waals surface area contributed by atoms with Crippen molar-refractivity contribution in [1.82, 2.24) is 4.90 Å². The van der Waals surface area contributed by atoms with Crippen molar-refractivity contribution < 1.29 is 33.4 Å². The van der Waals surface area contributed by atoms with Crippen LogP contribution in [0.2, 0.25) is 5.02 Å². The van der Waals surface area contributed by atoms with Crippen LogP contribution >= 0.6 is 11.6 Å². The second-order valence-electron chi connectivity index (χ2n) is 11.3. The maximum atomic E-state index is 14.2. The highest BCUT2D eigenvalue weighted by Gasteiger charge is 2.66. The molecule has 2 aliphatic heterocycles. The van der Waals surface area contributed by atoms with Gasteiger partial charge in [0.25, 0.3) is 0 Å². The number of hydrogen-bond acceptors (Lipinski definition) is 6. The second kappa shape index (κ2) is 9.55. The monoisotopic (exact) mass is 578 g/mol. The third-order valence-corrected chi connectivity index (χ3v) is 9.70. The molecule has 6 unspecified atom stereocenters. The molecule has 212 valence electrons.